The maximum Gasteiger partial charge on any atom is 0.305 e. The minimum absolute atomic E-state index is 0.0203. The van der Waals surface area contributed by atoms with Gasteiger partial charge < -0.3 is 20.3 Å². The number of aliphatic hydroxyl groups excluding tert-OH is 2. The van der Waals surface area contributed by atoms with E-state index in [1.54, 1.807) is 0 Å². The summed E-state index contributed by atoms with van der Waals surface area (Å²) in [4.78, 5) is 24.6. The van der Waals surface area contributed by atoms with Gasteiger partial charge in [0.05, 0.1) is 25.4 Å². The zero-order valence-electron chi connectivity index (χ0n) is 51.8. The second-order valence-electron chi connectivity index (χ2n) is 24.2. The summed E-state index contributed by atoms with van der Waals surface area (Å²) >= 11 is 0. The zero-order chi connectivity index (χ0) is 55.0. The van der Waals surface area contributed by atoms with Gasteiger partial charge in [-0.25, -0.2) is 0 Å². The first-order chi connectivity index (χ1) is 37.5. The van der Waals surface area contributed by atoms with Crippen molar-refractivity contribution in [3.05, 3.63) is 12.2 Å². The molecule has 2 unspecified atom stereocenters. The van der Waals surface area contributed by atoms with Crippen LogP contribution in [0, 0.1) is 0 Å². The number of amides is 1. The van der Waals surface area contributed by atoms with Crippen molar-refractivity contribution in [2.75, 3.05) is 13.2 Å². The number of ether oxygens (including phenoxy) is 1. The summed E-state index contributed by atoms with van der Waals surface area (Å²) in [5, 5.41) is 23.3. The van der Waals surface area contributed by atoms with Gasteiger partial charge >= 0.3 is 5.97 Å². The number of rotatable bonds is 66. The first-order valence-electron chi connectivity index (χ1n) is 34.9. The van der Waals surface area contributed by atoms with E-state index in [0.717, 1.165) is 38.5 Å². The minimum Gasteiger partial charge on any atom is -0.466 e. The quantitative estimate of drug-likeness (QED) is 0.0320. The number of nitrogens with one attached hydrogen (secondary N) is 1. The summed E-state index contributed by atoms with van der Waals surface area (Å²) in [5.41, 5.74) is 0. The number of hydrogen-bond donors (Lipinski definition) is 3. The smallest absolute Gasteiger partial charge is 0.305 e. The number of carbonyl (C=O) groups excluding carboxylic acids is 2. The number of carbonyl (C=O) groups is 2. The van der Waals surface area contributed by atoms with Gasteiger partial charge in [-0.2, -0.15) is 0 Å². The fraction of sp³-hybridized carbons (Fsp3) is 0.943. The maximum atomic E-state index is 12.5. The molecule has 3 N–H and O–H groups in total. The lowest BCUT2D eigenvalue weighted by Crippen LogP contribution is -2.45. The van der Waals surface area contributed by atoms with Gasteiger partial charge in [0, 0.05) is 12.8 Å². The van der Waals surface area contributed by atoms with Crippen LogP contribution in [0.15, 0.2) is 12.2 Å². The molecule has 0 fully saturated rings. The average Bonchev–Trinajstić information content (AvgIpc) is 3.42. The van der Waals surface area contributed by atoms with Gasteiger partial charge in [-0.1, -0.05) is 347 Å². The van der Waals surface area contributed by atoms with Gasteiger partial charge in [-0.15, -0.1) is 0 Å². The summed E-state index contributed by atoms with van der Waals surface area (Å²) in [7, 11) is 0. The molecule has 2 atom stereocenters. The second kappa shape index (κ2) is 66.1. The third-order valence-corrected chi connectivity index (χ3v) is 16.6. The van der Waals surface area contributed by atoms with Crippen molar-refractivity contribution in [2.24, 2.45) is 0 Å². The molecule has 6 heteroatoms. The highest BCUT2D eigenvalue weighted by atomic mass is 16.5. The molecule has 0 aliphatic carbocycles. The molecule has 6 nitrogen and oxygen atoms in total. The van der Waals surface area contributed by atoms with Crippen LogP contribution in [-0.2, 0) is 14.3 Å². The molecule has 1 amide bonds. The summed E-state index contributed by atoms with van der Waals surface area (Å²) in [6.45, 7) is 4.99. The highest BCUT2D eigenvalue weighted by Gasteiger charge is 2.20. The molecule has 0 spiro atoms. The fourth-order valence-electron chi connectivity index (χ4n) is 11.2. The largest absolute Gasteiger partial charge is 0.466 e. The predicted octanol–water partition coefficient (Wildman–Crippen LogP) is 22.4. The normalized spacial score (nSPS) is 12.5. The Morgan fingerprint density at radius 1 is 0.355 bits per heavy atom. The molecule has 0 aromatic carbocycles. The summed E-state index contributed by atoms with van der Waals surface area (Å²) in [6.07, 6.45) is 81.2. The molecule has 0 aliphatic heterocycles. The molecule has 0 radical (unpaired) electrons. The van der Waals surface area contributed by atoms with Crippen molar-refractivity contribution in [2.45, 2.75) is 411 Å². The van der Waals surface area contributed by atoms with E-state index in [9.17, 15) is 19.8 Å². The van der Waals surface area contributed by atoms with Crippen LogP contribution in [0.5, 0.6) is 0 Å². The first kappa shape index (κ1) is 74.6. The van der Waals surface area contributed by atoms with Crippen LogP contribution in [-0.4, -0.2) is 47.4 Å². The van der Waals surface area contributed by atoms with Crippen molar-refractivity contribution in [3.8, 4) is 0 Å². The van der Waals surface area contributed by atoms with Gasteiger partial charge in [-0.3, -0.25) is 9.59 Å². The van der Waals surface area contributed by atoms with Crippen molar-refractivity contribution < 1.29 is 24.5 Å². The minimum atomic E-state index is -0.663. The molecular formula is C70H137NO5. The Labute approximate surface area is 476 Å². The van der Waals surface area contributed by atoms with E-state index in [1.807, 2.05) is 0 Å². The molecule has 0 aliphatic rings. The Morgan fingerprint density at radius 2 is 0.618 bits per heavy atom. The molecule has 0 saturated heterocycles. The van der Waals surface area contributed by atoms with Crippen LogP contribution < -0.4 is 5.32 Å². The Hall–Kier alpha value is -1.40. The average molecular weight is 1070 g/mol. The van der Waals surface area contributed by atoms with E-state index in [4.69, 9.17) is 4.74 Å². The van der Waals surface area contributed by atoms with Gasteiger partial charge in [0.15, 0.2) is 0 Å². The molecule has 0 saturated carbocycles. The monoisotopic (exact) mass is 1070 g/mol. The molecular weight excluding hydrogens is 935 g/mol. The van der Waals surface area contributed by atoms with E-state index in [-0.39, 0.29) is 18.5 Å². The molecule has 0 rings (SSSR count). The van der Waals surface area contributed by atoms with Crippen molar-refractivity contribution in [1.82, 2.24) is 5.32 Å². The Bertz CT molecular complexity index is 1140. The zero-order valence-corrected chi connectivity index (χ0v) is 51.8. The number of aliphatic hydroxyl groups is 2. The topological polar surface area (TPSA) is 95.9 Å². The van der Waals surface area contributed by atoms with Crippen molar-refractivity contribution in [1.29, 1.82) is 0 Å². The van der Waals surface area contributed by atoms with E-state index in [1.165, 1.54) is 327 Å². The number of allylic oxidation sites excluding steroid dienone is 2. The van der Waals surface area contributed by atoms with Crippen LogP contribution in [0.4, 0.5) is 0 Å². The van der Waals surface area contributed by atoms with E-state index >= 15 is 0 Å². The third-order valence-electron chi connectivity index (χ3n) is 16.6. The second-order valence-corrected chi connectivity index (χ2v) is 24.2. The number of hydrogen-bond acceptors (Lipinski definition) is 5. The van der Waals surface area contributed by atoms with Crippen molar-refractivity contribution in [3.63, 3.8) is 0 Å². The van der Waals surface area contributed by atoms with E-state index in [2.05, 4.69) is 31.3 Å². The highest BCUT2D eigenvalue weighted by molar-refractivity contribution is 5.76. The highest BCUT2D eigenvalue weighted by Crippen LogP contribution is 2.19. The van der Waals surface area contributed by atoms with Crippen LogP contribution >= 0.6 is 0 Å². The van der Waals surface area contributed by atoms with Crippen LogP contribution in [0.25, 0.3) is 0 Å². The molecule has 0 aromatic rings. The van der Waals surface area contributed by atoms with Gasteiger partial charge in [0.25, 0.3) is 0 Å². The van der Waals surface area contributed by atoms with E-state index in [0.29, 0.717) is 25.9 Å². The van der Waals surface area contributed by atoms with Gasteiger partial charge in [0.1, 0.15) is 0 Å². The third kappa shape index (κ3) is 61.8. The van der Waals surface area contributed by atoms with Crippen molar-refractivity contribution >= 4 is 11.9 Å². The van der Waals surface area contributed by atoms with Crippen LogP contribution in [0.3, 0.4) is 0 Å². The lowest BCUT2D eigenvalue weighted by atomic mass is 10.0. The number of unbranched alkanes of at least 4 members (excludes halogenated alkanes) is 53. The van der Waals surface area contributed by atoms with Gasteiger partial charge in [-0.05, 0) is 51.4 Å². The van der Waals surface area contributed by atoms with Crippen LogP contribution in [0.2, 0.25) is 0 Å². The molecule has 0 bridgehead atoms. The Morgan fingerprint density at radius 3 is 0.934 bits per heavy atom. The fourth-order valence-corrected chi connectivity index (χ4v) is 11.2. The molecule has 76 heavy (non-hydrogen) atoms. The van der Waals surface area contributed by atoms with Gasteiger partial charge in [0.2, 0.25) is 5.91 Å². The molecule has 0 aromatic heterocycles. The lowest BCUT2D eigenvalue weighted by molar-refractivity contribution is -0.143. The maximum absolute atomic E-state index is 12.5. The Kier molecular flexibility index (Phi) is 64.9. The van der Waals surface area contributed by atoms with E-state index < -0.39 is 12.1 Å². The lowest BCUT2D eigenvalue weighted by Gasteiger charge is -2.22. The Balaban J connectivity index is 3.35. The number of esters is 1. The van der Waals surface area contributed by atoms with Crippen LogP contribution in [0.1, 0.15) is 399 Å². The summed E-state index contributed by atoms with van der Waals surface area (Å²) in [5.74, 6) is -0.0106. The first-order valence-corrected chi connectivity index (χ1v) is 34.9. The predicted molar refractivity (Wildman–Crippen MR) is 333 cm³/mol. The summed E-state index contributed by atoms with van der Waals surface area (Å²) in [6, 6.07) is -0.540. The standard InChI is InChI=1S/C70H137NO5/c1-3-5-7-9-11-13-15-17-34-38-42-46-50-54-58-62-68(73)67(66-72)71-69(74)63-59-55-51-47-43-39-36-32-30-28-26-24-22-20-19-21-23-25-27-29-31-33-37-41-45-49-53-57-61-65-76-70(75)64-60-56-52-48-44-40-35-18-16-14-12-10-8-6-4-2/h19,21,67-68,72-73H,3-18,20,22-66H2,1-2H3,(H,71,74)/b21-19-. The SMILES string of the molecule is CCCCCCCCCCCCCCCCCC(=O)OCCCCCCCCCCCCCC/C=C\CCCCCCCCCCCCCCCC(=O)NC(CO)C(O)CCCCCCCCCCCCCCCCC. The molecule has 0 heterocycles. The summed E-state index contributed by atoms with van der Waals surface area (Å²) < 4.78 is 5.50. The molecule has 452 valence electrons.